The first-order valence-electron chi connectivity index (χ1n) is 5.55. The van der Waals surface area contributed by atoms with Crippen molar-refractivity contribution in [1.29, 1.82) is 5.26 Å². The van der Waals surface area contributed by atoms with Gasteiger partial charge in [-0.25, -0.2) is 0 Å². The van der Waals surface area contributed by atoms with Gasteiger partial charge in [-0.15, -0.1) is 0 Å². The molecule has 0 aromatic heterocycles. The van der Waals surface area contributed by atoms with E-state index in [9.17, 15) is 4.79 Å². The normalized spacial score (nSPS) is 15.2. The summed E-state index contributed by atoms with van der Waals surface area (Å²) in [6, 6.07) is 9.43. The summed E-state index contributed by atoms with van der Waals surface area (Å²) in [5.74, 6) is -0.125. The van der Waals surface area contributed by atoms with E-state index in [2.05, 4.69) is 10.5 Å². The third kappa shape index (κ3) is 2.91. The van der Waals surface area contributed by atoms with Crippen LogP contribution in [0, 0.1) is 24.2 Å². The third-order valence-electron chi connectivity index (χ3n) is 2.64. The molecule has 1 aliphatic rings. The molecule has 0 aliphatic heterocycles. The van der Waals surface area contributed by atoms with Crippen molar-refractivity contribution >= 4 is 17.2 Å². The summed E-state index contributed by atoms with van der Waals surface area (Å²) in [6.07, 6.45) is 1.76. The number of Topliss-reactive ketones (excluding diaryl/α,β-unsaturated/α-hetero) is 1. The number of nitrogens with zero attached hydrogens (tertiary/aromatic N) is 2. The number of hydrazone groups is 1. The number of benzene rings is 1. The predicted molar refractivity (Wildman–Crippen MR) is 65.6 cm³/mol. The van der Waals surface area contributed by atoms with Crippen LogP contribution in [0.4, 0.5) is 5.69 Å². The zero-order chi connectivity index (χ0) is 12.3. The Labute approximate surface area is 99.9 Å². The van der Waals surface area contributed by atoms with Gasteiger partial charge < -0.3 is 0 Å². The summed E-state index contributed by atoms with van der Waals surface area (Å²) in [6.45, 7) is 1.99. The largest absolute Gasteiger partial charge is 0.291 e. The van der Waals surface area contributed by atoms with Crippen LogP contribution < -0.4 is 5.43 Å². The maximum absolute atomic E-state index is 11.6. The number of nitrogens with one attached hydrogen (secondary N) is 1. The molecule has 0 heterocycles. The molecule has 1 fully saturated rings. The lowest BCUT2D eigenvalue weighted by Crippen LogP contribution is -2.15. The number of carbonyl (C=O) groups is 1. The van der Waals surface area contributed by atoms with Crippen LogP contribution in [-0.4, -0.2) is 11.5 Å². The zero-order valence-corrected chi connectivity index (χ0v) is 9.60. The summed E-state index contributed by atoms with van der Waals surface area (Å²) in [5, 5.41) is 12.7. The van der Waals surface area contributed by atoms with Crippen molar-refractivity contribution < 1.29 is 4.79 Å². The maximum Gasteiger partial charge on any atom is 0.203 e. The van der Waals surface area contributed by atoms with Gasteiger partial charge in [-0.2, -0.15) is 10.4 Å². The van der Waals surface area contributed by atoms with E-state index in [1.807, 2.05) is 37.3 Å². The van der Waals surface area contributed by atoms with Gasteiger partial charge in [-0.05, 0) is 31.9 Å². The van der Waals surface area contributed by atoms with Crippen molar-refractivity contribution in [2.75, 3.05) is 5.43 Å². The quantitative estimate of drug-likeness (QED) is 0.633. The first-order valence-corrected chi connectivity index (χ1v) is 5.55. The molecule has 0 bridgehead atoms. The van der Waals surface area contributed by atoms with E-state index in [-0.39, 0.29) is 17.4 Å². The Balaban J connectivity index is 2.05. The summed E-state index contributed by atoms with van der Waals surface area (Å²) in [7, 11) is 0. The molecule has 0 amide bonds. The predicted octanol–water partition coefficient (Wildman–Crippen LogP) is 2.27. The fourth-order valence-corrected chi connectivity index (χ4v) is 1.42. The molecule has 1 aromatic carbocycles. The molecule has 17 heavy (non-hydrogen) atoms. The van der Waals surface area contributed by atoms with Crippen LogP contribution in [0.2, 0.25) is 0 Å². The van der Waals surface area contributed by atoms with Crippen LogP contribution in [0.3, 0.4) is 0 Å². The minimum atomic E-state index is -0.146. The number of anilines is 1. The zero-order valence-electron chi connectivity index (χ0n) is 9.60. The average molecular weight is 227 g/mol. The smallest absolute Gasteiger partial charge is 0.203 e. The van der Waals surface area contributed by atoms with Gasteiger partial charge in [0.2, 0.25) is 5.71 Å². The van der Waals surface area contributed by atoms with E-state index in [0.29, 0.717) is 0 Å². The highest BCUT2D eigenvalue weighted by Crippen LogP contribution is 2.30. The van der Waals surface area contributed by atoms with Gasteiger partial charge in [0.1, 0.15) is 6.07 Å². The number of aryl methyl sites for hydroxylation is 1. The van der Waals surface area contributed by atoms with E-state index < -0.39 is 0 Å². The van der Waals surface area contributed by atoms with Gasteiger partial charge in [-0.3, -0.25) is 10.2 Å². The Morgan fingerprint density at radius 1 is 1.41 bits per heavy atom. The number of nitriles is 1. The third-order valence-corrected chi connectivity index (χ3v) is 2.64. The molecule has 1 saturated carbocycles. The summed E-state index contributed by atoms with van der Waals surface area (Å²) >= 11 is 0. The highest BCUT2D eigenvalue weighted by Gasteiger charge is 2.32. The SMILES string of the molecule is Cc1ccc(N/N=C(\C#N)C(=O)C2CC2)cc1. The summed E-state index contributed by atoms with van der Waals surface area (Å²) in [5.41, 5.74) is 4.61. The second-order valence-corrected chi connectivity index (χ2v) is 4.19. The molecule has 4 nitrogen and oxygen atoms in total. The fraction of sp³-hybridized carbons (Fsp3) is 0.308. The minimum absolute atomic E-state index is 0.0215. The van der Waals surface area contributed by atoms with E-state index in [0.717, 1.165) is 24.1 Å². The van der Waals surface area contributed by atoms with Gasteiger partial charge in [0.15, 0.2) is 5.78 Å². The van der Waals surface area contributed by atoms with E-state index >= 15 is 0 Å². The highest BCUT2D eigenvalue weighted by molar-refractivity contribution is 6.47. The van der Waals surface area contributed by atoms with Crippen LogP contribution in [0.15, 0.2) is 29.4 Å². The van der Waals surface area contributed by atoms with Gasteiger partial charge in [0, 0.05) is 5.92 Å². The average Bonchev–Trinajstić information content (AvgIpc) is 3.16. The Kier molecular flexibility index (Phi) is 3.20. The molecule has 0 spiro atoms. The maximum atomic E-state index is 11.6. The monoisotopic (exact) mass is 227 g/mol. The van der Waals surface area contributed by atoms with Gasteiger partial charge in [0.25, 0.3) is 0 Å². The Morgan fingerprint density at radius 3 is 2.59 bits per heavy atom. The minimum Gasteiger partial charge on any atom is -0.291 e. The molecule has 1 N–H and O–H groups in total. The topological polar surface area (TPSA) is 65.2 Å². The fourth-order valence-electron chi connectivity index (χ4n) is 1.42. The molecule has 1 aromatic rings. The number of rotatable bonds is 4. The Bertz CT molecular complexity index is 492. The molecular weight excluding hydrogens is 214 g/mol. The van der Waals surface area contributed by atoms with Crippen LogP contribution in [-0.2, 0) is 4.79 Å². The standard InChI is InChI=1S/C13H13N3O/c1-9-2-6-11(7-3-9)15-16-12(8-14)13(17)10-4-5-10/h2-3,6-7,10,15H,4-5H2,1H3/b16-12+. The lowest BCUT2D eigenvalue weighted by Gasteiger charge is -2.01. The Hall–Kier alpha value is -2.15. The molecular formula is C13H13N3O. The first-order chi connectivity index (χ1) is 8.20. The molecule has 1 aliphatic carbocycles. The van der Waals surface area contributed by atoms with Crippen LogP contribution in [0.1, 0.15) is 18.4 Å². The lowest BCUT2D eigenvalue weighted by molar-refractivity contribution is -0.113. The van der Waals surface area contributed by atoms with Gasteiger partial charge in [0.05, 0.1) is 5.69 Å². The van der Waals surface area contributed by atoms with Crippen molar-refractivity contribution in [2.45, 2.75) is 19.8 Å². The van der Waals surface area contributed by atoms with Crippen LogP contribution >= 0.6 is 0 Å². The molecule has 0 atom stereocenters. The number of ketones is 1. The van der Waals surface area contributed by atoms with Gasteiger partial charge in [-0.1, -0.05) is 17.7 Å². The first kappa shape index (κ1) is 11.3. The van der Waals surface area contributed by atoms with Crippen molar-refractivity contribution in [3.05, 3.63) is 29.8 Å². The van der Waals surface area contributed by atoms with Crippen molar-refractivity contribution in [2.24, 2.45) is 11.0 Å². The number of hydrogen-bond donors (Lipinski definition) is 1. The second-order valence-electron chi connectivity index (χ2n) is 4.19. The van der Waals surface area contributed by atoms with Gasteiger partial charge >= 0.3 is 0 Å². The molecule has 4 heteroatoms. The number of hydrogen-bond acceptors (Lipinski definition) is 4. The summed E-state index contributed by atoms with van der Waals surface area (Å²) < 4.78 is 0. The van der Waals surface area contributed by atoms with Crippen molar-refractivity contribution in [1.82, 2.24) is 0 Å². The van der Waals surface area contributed by atoms with Crippen molar-refractivity contribution in [3.8, 4) is 6.07 Å². The van der Waals surface area contributed by atoms with E-state index in [1.165, 1.54) is 0 Å². The van der Waals surface area contributed by atoms with Crippen LogP contribution in [0.25, 0.3) is 0 Å². The molecule has 0 saturated heterocycles. The van der Waals surface area contributed by atoms with Crippen LogP contribution in [0.5, 0.6) is 0 Å². The summed E-state index contributed by atoms with van der Waals surface area (Å²) in [4.78, 5) is 11.6. The van der Waals surface area contributed by atoms with Crippen molar-refractivity contribution in [3.63, 3.8) is 0 Å². The molecule has 0 radical (unpaired) electrons. The van der Waals surface area contributed by atoms with E-state index in [1.54, 1.807) is 0 Å². The number of carbonyl (C=O) groups excluding carboxylic acids is 1. The second kappa shape index (κ2) is 4.79. The Morgan fingerprint density at radius 2 is 2.06 bits per heavy atom. The molecule has 86 valence electrons. The highest BCUT2D eigenvalue weighted by atomic mass is 16.1. The molecule has 2 rings (SSSR count). The molecule has 0 unspecified atom stereocenters. The van der Waals surface area contributed by atoms with E-state index in [4.69, 9.17) is 5.26 Å². The lowest BCUT2D eigenvalue weighted by atomic mass is 10.2.